The predicted molar refractivity (Wildman–Crippen MR) is 69.0 cm³/mol. The highest BCUT2D eigenvalue weighted by molar-refractivity contribution is 9.10. The van der Waals surface area contributed by atoms with Crippen LogP contribution in [-0.2, 0) is 0 Å². The zero-order valence-corrected chi connectivity index (χ0v) is 10.6. The molecule has 1 aromatic heterocycles. The fourth-order valence-electron chi connectivity index (χ4n) is 1.49. The maximum absolute atomic E-state index is 7.35. The van der Waals surface area contributed by atoms with Crippen LogP contribution in [0.5, 0.6) is 0 Å². The van der Waals surface area contributed by atoms with E-state index < -0.39 is 0 Å². The topological polar surface area (TPSA) is 61.7 Å². The van der Waals surface area contributed by atoms with Crippen molar-refractivity contribution in [1.29, 1.82) is 5.41 Å². The van der Waals surface area contributed by atoms with Gasteiger partial charge in [0.15, 0.2) is 0 Å². The molecule has 4 nitrogen and oxygen atoms in total. The number of aromatic nitrogens is 2. The van der Waals surface area contributed by atoms with Crippen LogP contribution in [0.4, 0.5) is 5.95 Å². The van der Waals surface area contributed by atoms with Crippen molar-refractivity contribution >= 4 is 38.6 Å². The van der Waals surface area contributed by atoms with Crippen molar-refractivity contribution < 1.29 is 0 Å². The molecule has 0 spiro atoms. The quantitative estimate of drug-likeness (QED) is 0.622. The lowest BCUT2D eigenvalue weighted by Gasteiger charge is -2.06. The van der Waals surface area contributed by atoms with Gasteiger partial charge in [0.1, 0.15) is 0 Å². The van der Waals surface area contributed by atoms with E-state index >= 15 is 0 Å². The Kier molecular flexibility index (Phi) is 2.87. The molecule has 2 rings (SSSR count). The van der Waals surface area contributed by atoms with Crippen molar-refractivity contribution in [2.45, 2.75) is 13.8 Å². The predicted octanol–water partition coefficient (Wildman–Crippen LogP) is 3.11. The van der Waals surface area contributed by atoms with Gasteiger partial charge in [-0.15, -0.1) is 0 Å². The number of nitrogens with zero attached hydrogens (tertiary/aromatic N) is 2. The molecule has 5 heteroatoms. The molecular formula is C11H11BrN4. The number of hydrogen-bond donors (Lipinski definition) is 2. The van der Waals surface area contributed by atoms with Crippen LogP contribution in [0.25, 0.3) is 10.9 Å². The lowest BCUT2D eigenvalue weighted by molar-refractivity contribution is 1.15. The summed E-state index contributed by atoms with van der Waals surface area (Å²) in [7, 11) is 0. The molecule has 0 aliphatic carbocycles. The number of rotatable bonds is 1. The van der Waals surface area contributed by atoms with Crippen molar-refractivity contribution in [2.75, 3.05) is 5.32 Å². The van der Waals surface area contributed by atoms with E-state index in [1.807, 2.05) is 25.1 Å². The van der Waals surface area contributed by atoms with Crippen LogP contribution in [0.3, 0.4) is 0 Å². The summed E-state index contributed by atoms with van der Waals surface area (Å²) >= 11 is 3.41. The normalized spacial score (nSPS) is 10.4. The largest absolute Gasteiger partial charge is 0.313 e. The maximum Gasteiger partial charge on any atom is 0.228 e. The lowest BCUT2D eigenvalue weighted by atomic mass is 10.2. The van der Waals surface area contributed by atoms with E-state index in [9.17, 15) is 0 Å². The summed E-state index contributed by atoms with van der Waals surface area (Å²) < 4.78 is 0.982. The zero-order valence-electron chi connectivity index (χ0n) is 9.00. The minimum absolute atomic E-state index is 0.328. The van der Waals surface area contributed by atoms with Gasteiger partial charge in [-0.3, -0.25) is 5.41 Å². The average molecular weight is 279 g/mol. The van der Waals surface area contributed by atoms with Crippen molar-refractivity contribution in [3.05, 3.63) is 28.4 Å². The summed E-state index contributed by atoms with van der Waals surface area (Å²) in [6, 6.07) is 5.89. The van der Waals surface area contributed by atoms with Gasteiger partial charge in [-0.25, -0.2) is 9.97 Å². The van der Waals surface area contributed by atoms with E-state index in [0.29, 0.717) is 11.8 Å². The Hall–Kier alpha value is -1.49. The summed E-state index contributed by atoms with van der Waals surface area (Å²) in [5.41, 5.74) is 1.77. The van der Waals surface area contributed by atoms with E-state index in [0.717, 1.165) is 21.1 Å². The zero-order chi connectivity index (χ0) is 11.7. The molecule has 0 amide bonds. The molecule has 0 fully saturated rings. The molecule has 0 bridgehead atoms. The second kappa shape index (κ2) is 4.17. The van der Waals surface area contributed by atoms with Crippen LogP contribution >= 0.6 is 15.9 Å². The first-order valence-corrected chi connectivity index (χ1v) is 5.61. The van der Waals surface area contributed by atoms with Crippen LogP contribution in [0.15, 0.2) is 22.7 Å². The number of aryl methyl sites for hydroxylation is 1. The number of fused-ring (bicyclic) bond motifs is 1. The van der Waals surface area contributed by atoms with E-state index in [1.54, 1.807) is 6.92 Å². The lowest BCUT2D eigenvalue weighted by Crippen LogP contribution is -2.09. The first kappa shape index (κ1) is 11.0. The Morgan fingerprint density at radius 2 is 2.12 bits per heavy atom. The second-order valence-electron chi connectivity index (χ2n) is 3.54. The minimum Gasteiger partial charge on any atom is -0.313 e. The van der Waals surface area contributed by atoms with Gasteiger partial charge >= 0.3 is 0 Å². The summed E-state index contributed by atoms with van der Waals surface area (Å²) in [6.45, 7) is 3.59. The third-order valence-corrected chi connectivity index (χ3v) is 2.64. The van der Waals surface area contributed by atoms with Crippen molar-refractivity contribution in [3.8, 4) is 0 Å². The number of halogens is 1. The van der Waals surface area contributed by atoms with E-state index in [1.165, 1.54) is 0 Å². The first-order valence-electron chi connectivity index (χ1n) is 4.82. The SMILES string of the molecule is CC(=N)Nc1nc(C)c2ccc(Br)cc2n1. The van der Waals surface area contributed by atoms with Crippen LogP contribution < -0.4 is 5.32 Å². The monoisotopic (exact) mass is 278 g/mol. The Morgan fingerprint density at radius 3 is 2.81 bits per heavy atom. The smallest absolute Gasteiger partial charge is 0.228 e. The van der Waals surface area contributed by atoms with Gasteiger partial charge in [-0.05, 0) is 32.0 Å². The molecule has 2 aromatic rings. The minimum atomic E-state index is 0.328. The van der Waals surface area contributed by atoms with Crippen molar-refractivity contribution in [2.24, 2.45) is 0 Å². The molecule has 0 aliphatic rings. The number of hydrogen-bond acceptors (Lipinski definition) is 3. The van der Waals surface area contributed by atoms with Gasteiger partial charge in [0.2, 0.25) is 5.95 Å². The summed E-state index contributed by atoms with van der Waals surface area (Å²) in [6.07, 6.45) is 0. The number of amidine groups is 1. The molecule has 0 saturated carbocycles. The molecule has 16 heavy (non-hydrogen) atoms. The van der Waals surface area contributed by atoms with E-state index in [-0.39, 0.29) is 0 Å². The molecule has 0 unspecified atom stereocenters. The molecular weight excluding hydrogens is 268 g/mol. The summed E-state index contributed by atoms with van der Waals surface area (Å²) in [5, 5.41) is 11.2. The molecule has 0 atom stereocenters. The van der Waals surface area contributed by atoms with Crippen LogP contribution in [-0.4, -0.2) is 15.8 Å². The number of anilines is 1. The van der Waals surface area contributed by atoms with Crippen molar-refractivity contribution in [3.63, 3.8) is 0 Å². The number of benzene rings is 1. The summed E-state index contributed by atoms with van der Waals surface area (Å²) in [5.74, 6) is 0.796. The van der Waals surface area contributed by atoms with Crippen LogP contribution in [0.1, 0.15) is 12.6 Å². The van der Waals surface area contributed by atoms with Crippen LogP contribution in [0.2, 0.25) is 0 Å². The van der Waals surface area contributed by atoms with Gasteiger partial charge in [0, 0.05) is 9.86 Å². The van der Waals surface area contributed by atoms with Gasteiger partial charge in [0.25, 0.3) is 0 Å². The second-order valence-corrected chi connectivity index (χ2v) is 4.46. The standard InChI is InChI=1S/C11H11BrN4/c1-6-9-4-3-8(12)5-10(9)16-11(14-6)15-7(2)13/h3-5H,1-2H3,(H2,13,14,15,16). The first-order chi connectivity index (χ1) is 7.56. The molecule has 82 valence electrons. The molecule has 1 heterocycles. The van der Waals surface area contributed by atoms with Gasteiger partial charge < -0.3 is 5.32 Å². The molecule has 0 aliphatic heterocycles. The average Bonchev–Trinajstić information content (AvgIpc) is 2.15. The Bertz CT molecular complexity index is 565. The third kappa shape index (κ3) is 2.19. The molecule has 0 radical (unpaired) electrons. The highest BCUT2D eigenvalue weighted by atomic mass is 79.9. The Labute approximate surface area is 102 Å². The fraction of sp³-hybridized carbons (Fsp3) is 0.182. The Morgan fingerprint density at radius 1 is 1.38 bits per heavy atom. The maximum atomic E-state index is 7.35. The van der Waals surface area contributed by atoms with Gasteiger partial charge in [-0.1, -0.05) is 15.9 Å². The van der Waals surface area contributed by atoms with Crippen LogP contribution in [0, 0.1) is 12.3 Å². The molecule has 2 N–H and O–H groups in total. The van der Waals surface area contributed by atoms with E-state index in [4.69, 9.17) is 5.41 Å². The molecule has 1 aromatic carbocycles. The summed E-state index contributed by atoms with van der Waals surface area (Å²) in [4.78, 5) is 8.64. The highest BCUT2D eigenvalue weighted by Crippen LogP contribution is 2.21. The van der Waals surface area contributed by atoms with E-state index in [2.05, 4.69) is 31.2 Å². The molecule has 0 saturated heterocycles. The third-order valence-electron chi connectivity index (χ3n) is 2.15. The number of nitrogens with one attached hydrogen (secondary N) is 2. The van der Waals surface area contributed by atoms with Gasteiger partial charge in [0.05, 0.1) is 17.0 Å². The fourth-order valence-corrected chi connectivity index (χ4v) is 1.83. The van der Waals surface area contributed by atoms with Gasteiger partial charge in [-0.2, -0.15) is 0 Å². The van der Waals surface area contributed by atoms with Crippen molar-refractivity contribution in [1.82, 2.24) is 9.97 Å². The Balaban J connectivity index is 2.60. The highest BCUT2D eigenvalue weighted by Gasteiger charge is 2.04.